The Morgan fingerprint density at radius 1 is 0.879 bits per heavy atom. The second-order valence-electron chi connectivity index (χ2n) is 7.03. The molecule has 0 bridgehead atoms. The van der Waals surface area contributed by atoms with E-state index in [2.05, 4.69) is 21.8 Å². The Balaban J connectivity index is 1.43. The van der Waals surface area contributed by atoms with Crippen molar-refractivity contribution in [2.45, 2.75) is 0 Å². The summed E-state index contributed by atoms with van der Waals surface area (Å²) in [7, 11) is 3.22. The molecule has 0 fully saturated rings. The lowest BCUT2D eigenvalue weighted by atomic mass is 10.1. The second-order valence-corrected chi connectivity index (χ2v) is 7.44. The Morgan fingerprint density at radius 2 is 1.52 bits per heavy atom. The summed E-state index contributed by atoms with van der Waals surface area (Å²) >= 11 is 5.38. The van der Waals surface area contributed by atoms with Crippen LogP contribution in [0.2, 0.25) is 0 Å². The van der Waals surface area contributed by atoms with Crippen LogP contribution in [0.4, 0.5) is 11.4 Å². The predicted octanol–water partition coefficient (Wildman–Crippen LogP) is 5.24. The summed E-state index contributed by atoms with van der Waals surface area (Å²) in [4.78, 5) is 0. The number of aromatic nitrogens is 2. The number of benzene rings is 3. The first-order valence-corrected chi connectivity index (χ1v) is 10.5. The molecule has 0 radical (unpaired) electrons. The number of hydrogen-bond donors (Lipinski definition) is 2. The maximum absolute atomic E-state index is 8.89. The SMILES string of the molecule is COc1ccc(-c2ccn(-c3ccc(NC(=S)Nc4ccc(C#N)cc4)cc3)n2)cc1OC. The smallest absolute Gasteiger partial charge is 0.175 e. The van der Waals surface area contributed by atoms with Gasteiger partial charge in [-0.1, -0.05) is 0 Å². The van der Waals surface area contributed by atoms with E-state index >= 15 is 0 Å². The third-order valence-electron chi connectivity index (χ3n) is 4.93. The zero-order valence-corrected chi connectivity index (χ0v) is 18.9. The van der Waals surface area contributed by atoms with Crippen molar-refractivity contribution in [3.8, 4) is 34.5 Å². The minimum Gasteiger partial charge on any atom is -0.493 e. The number of nitriles is 1. The predicted molar refractivity (Wildman–Crippen MR) is 133 cm³/mol. The topological polar surface area (TPSA) is 84.1 Å². The lowest BCUT2D eigenvalue weighted by Crippen LogP contribution is -2.19. The number of methoxy groups -OCH3 is 2. The number of anilines is 2. The Morgan fingerprint density at radius 3 is 2.12 bits per heavy atom. The van der Waals surface area contributed by atoms with E-state index in [-0.39, 0.29) is 0 Å². The Labute approximate surface area is 197 Å². The summed E-state index contributed by atoms with van der Waals surface area (Å²) in [5.74, 6) is 1.33. The first-order valence-electron chi connectivity index (χ1n) is 10.1. The molecule has 1 aromatic heterocycles. The molecule has 0 aliphatic rings. The van der Waals surface area contributed by atoms with Gasteiger partial charge in [-0.3, -0.25) is 0 Å². The molecule has 0 atom stereocenters. The Bertz CT molecular complexity index is 1310. The fourth-order valence-electron chi connectivity index (χ4n) is 3.24. The highest BCUT2D eigenvalue weighted by atomic mass is 32.1. The Hall–Kier alpha value is -4.35. The van der Waals surface area contributed by atoms with Gasteiger partial charge in [0.1, 0.15) is 0 Å². The molecule has 0 unspecified atom stereocenters. The van der Waals surface area contributed by atoms with Crippen LogP contribution < -0.4 is 20.1 Å². The van der Waals surface area contributed by atoms with Crippen LogP contribution in [0.5, 0.6) is 11.5 Å². The maximum Gasteiger partial charge on any atom is 0.175 e. The first-order chi connectivity index (χ1) is 16.1. The molecule has 164 valence electrons. The van der Waals surface area contributed by atoms with E-state index in [0.29, 0.717) is 22.2 Å². The zero-order chi connectivity index (χ0) is 23.2. The molecule has 0 aliphatic heterocycles. The van der Waals surface area contributed by atoms with Gasteiger partial charge in [0.05, 0.1) is 37.2 Å². The van der Waals surface area contributed by atoms with Gasteiger partial charge in [-0.2, -0.15) is 10.4 Å². The van der Waals surface area contributed by atoms with Crippen molar-refractivity contribution in [3.63, 3.8) is 0 Å². The lowest BCUT2D eigenvalue weighted by Gasteiger charge is -2.11. The van der Waals surface area contributed by atoms with Crippen molar-refractivity contribution >= 4 is 28.7 Å². The second kappa shape index (κ2) is 9.85. The van der Waals surface area contributed by atoms with E-state index in [4.69, 9.17) is 27.0 Å². The van der Waals surface area contributed by atoms with Gasteiger partial charge >= 0.3 is 0 Å². The van der Waals surface area contributed by atoms with Gasteiger partial charge in [-0.25, -0.2) is 4.68 Å². The highest BCUT2D eigenvalue weighted by molar-refractivity contribution is 7.80. The monoisotopic (exact) mass is 455 g/mol. The highest BCUT2D eigenvalue weighted by Gasteiger charge is 2.09. The summed E-state index contributed by atoms with van der Waals surface area (Å²) in [5.41, 5.74) is 4.93. The summed E-state index contributed by atoms with van der Waals surface area (Å²) < 4.78 is 12.5. The van der Waals surface area contributed by atoms with E-state index in [1.807, 2.05) is 71.5 Å². The van der Waals surface area contributed by atoms with Gasteiger partial charge in [0.25, 0.3) is 0 Å². The molecule has 0 saturated heterocycles. The number of nitrogens with zero attached hydrogens (tertiary/aromatic N) is 3. The van der Waals surface area contributed by atoms with E-state index in [1.165, 1.54) is 0 Å². The zero-order valence-electron chi connectivity index (χ0n) is 18.1. The number of rotatable bonds is 6. The van der Waals surface area contributed by atoms with Gasteiger partial charge in [0, 0.05) is 23.1 Å². The van der Waals surface area contributed by atoms with Crippen molar-refractivity contribution in [3.05, 3.63) is 84.6 Å². The first kappa shape index (κ1) is 21.9. The van der Waals surface area contributed by atoms with Crippen LogP contribution in [-0.2, 0) is 0 Å². The molecule has 7 nitrogen and oxygen atoms in total. The molecule has 8 heteroatoms. The molecule has 4 aromatic rings. The average Bonchev–Trinajstić information content (AvgIpc) is 3.35. The van der Waals surface area contributed by atoms with E-state index < -0.39 is 0 Å². The number of nitrogens with one attached hydrogen (secondary N) is 2. The average molecular weight is 456 g/mol. The Kier molecular flexibility index (Phi) is 6.53. The molecule has 0 spiro atoms. The van der Waals surface area contributed by atoms with Gasteiger partial charge in [0.15, 0.2) is 16.6 Å². The molecule has 4 rings (SSSR count). The van der Waals surface area contributed by atoms with Crippen molar-refractivity contribution in [2.75, 3.05) is 24.9 Å². The number of ether oxygens (including phenoxy) is 2. The molecule has 2 N–H and O–H groups in total. The third kappa shape index (κ3) is 5.11. The number of thiocarbonyl (C=S) groups is 1. The minimum absolute atomic E-state index is 0.460. The van der Waals surface area contributed by atoms with Crippen LogP contribution in [0.1, 0.15) is 5.56 Å². The number of hydrogen-bond acceptors (Lipinski definition) is 5. The fraction of sp³-hybridized carbons (Fsp3) is 0.0800. The minimum atomic E-state index is 0.460. The van der Waals surface area contributed by atoms with E-state index in [9.17, 15) is 0 Å². The normalized spacial score (nSPS) is 10.2. The summed E-state index contributed by atoms with van der Waals surface area (Å²) in [5, 5.41) is 20.3. The molecule has 0 saturated carbocycles. The molecule has 0 aliphatic carbocycles. The van der Waals surface area contributed by atoms with E-state index in [0.717, 1.165) is 28.3 Å². The van der Waals surface area contributed by atoms with Crippen molar-refractivity contribution < 1.29 is 9.47 Å². The fourth-order valence-corrected chi connectivity index (χ4v) is 3.47. The van der Waals surface area contributed by atoms with E-state index in [1.54, 1.807) is 26.4 Å². The lowest BCUT2D eigenvalue weighted by molar-refractivity contribution is 0.355. The molecule has 0 amide bonds. The van der Waals surface area contributed by atoms with Crippen LogP contribution in [0.25, 0.3) is 16.9 Å². The standard InChI is InChI=1S/C25H21N5O2S/c1-31-23-12-5-18(15-24(23)32-2)22-13-14-30(29-22)21-10-8-20(9-11-21)28-25(33)27-19-6-3-17(16-26)4-7-19/h3-15H,1-2H3,(H2,27,28,33). The summed E-state index contributed by atoms with van der Waals surface area (Å²) in [6.45, 7) is 0. The van der Waals surface area contributed by atoms with Crippen LogP contribution in [0, 0.1) is 11.3 Å². The van der Waals surface area contributed by atoms with Crippen molar-refractivity contribution in [1.29, 1.82) is 5.26 Å². The summed E-state index contributed by atoms with van der Waals surface area (Å²) in [6.07, 6.45) is 1.91. The molecule has 33 heavy (non-hydrogen) atoms. The molecular formula is C25H21N5O2S. The molecular weight excluding hydrogens is 434 g/mol. The largest absolute Gasteiger partial charge is 0.493 e. The van der Waals surface area contributed by atoms with Crippen LogP contribution >= 0.6 is 12.2 Å². The molecule has 1 heterocycles. The van der Waals surface area contributed by atoms with Crippen LogP contribution in [0.3, 0.4) is 0 Å². The van der Waals surface area contributed by atoms with Gasteiger partial charge < -0.3 is 20.1 Å². The van der Waals surface area contributed by atoms with Gasteiger partial charge in [-0.05, 0) is 85.0 Å². The summed E-state index contributed by atoms with van der Waals surface area (Å²) in [6, 6.07) is 24.6. The van der Waals surface area contributed by atoms with Crippen LogP contribution in [-0.4, -0.2) is 29.1 Å². The molecule has 3 aromatic carbocycles. The quantitative estimate of drug-likeness (QED) is 0.385. The maximum atomic E-state index is 8.89. The van der Waals surface area contributed by atoms with Crippen molar-refractivity contribution in [1.82, 2.24) is 9.78 Å². The van der Waals surface area contributed by atoms with Crippen molar-refractivity contribution in [2.24, 2.45) is 0 Å². The van der Waals surface area contributed by atoms with Gasteiger partial charge in [0.2, 0.25) is 0 Å². The van der Waals surface area contributed by atoms with Gasteiger partial charge in [-0.15, -0.1) is 0 Å². The third-order valence-corrected chi connectivity index (χ3v) is 5.13. The van der Waals surface area contributed by atoms with Crippen LogP contribution in [0.15, 0.2) is 79.0 Å². The highest BCUT2D eigenvalue weighted by Crippen LogP contribution is 2.31.